The molecule has 2 heteroatoms. The van der Waals surface area contributed by atoms with Gasteiger partial charge in [-0.1, -0.05) is 25.8 Å². The van der Waals surface area contributed by atoms with Crippen LogP contribution in [0.4, 0.5) is 0 Å². The maximum absolute atomic E-state index is 4.86. The lowest BCUT2D eigenvalue weighted by molar-refractivity contribution is 0.256. The zero-order chi connectivity index (χ0) is 11.6. The molecule has 90 valence electrons. The Morgan fingerprint density at radius 3 is 2.56 bits per heavy atom. The van der Waals surface area contributed by atoms with Gasteiger partial charge in [-0.2, -0.15) is 0 Å². The van der Waals surface area contributed by atoms with Gasteiger partial charge >= 0.3 is 0 Å². The Hall–Kier alpha value is -0.240. The lowest BCUT2D eigenvalue weighted by atomic mass is 9.77. The molecule has 0 radical (unpaired) electrons. The highest BCUT2D eigenvalue weighted by atomic mass is 32.2. The second-order valence-corrected chi connectivity index (χ2v) is 6.49. The second-order valence-electron chi connectivity index (χ2n) is 5.25. The topological polar surface area (TPSA) is 12.4 Å². The number of nitrogens with zero attached hydrogens (tertiary/aromatic N) is 1. The average Bonchev–Trinajstić information content (AvgIpc) is 2.79. The molecule has 1 fully saturated rings. The normalized spacial score (nSPS) is 40.3. The van der Waals surface area contributed by atoms with Crippen molar-refractivity contribution < 1.29 is 0 Å². The first-order valence-electron chi connectivity index (χ1n) is 6.50. The molecule has 2 rings (SSSR count). The molecule has 0 spiro atoms. The third kappa shape index (κ3) is 2.09. The molecule has 1 heterocycles. The molecule has 1 aliphatic carbocycles. The highest BCUT2D eigenvalue weighted by Crippen LogP contribution is 2.49. The number of hydrogen-bond acceptors (Lipinski definition) is 2. The van der Waals surface area contributed by atoms with Crippen LogP contribution >= 0.6 is 11.8 Å². The fourth-order valence-electron chi connectivity index (χ4n) is 2.99. The molecule has 0 N–H and O–H groups in total. The number of allylic oxidation sites excluding steroid dienone is 1. The Bertz CT molecular complexity index is 300. The average molecular weight is 237 g/mol. The van der Waals surface area contributed by atoms with Gasteiger partial charge in [0.15, 0.2) is 0 Å². The van der Waals surface area contributed by atoms with Gasteiger partial charge in [-0.05, 0) is 44.1 Å². The Labute approximate surface area is 104 Å². The van der Waals surface area contributed by atoms with Gasteiger partial charge in [0.2, 0.25) is 0 Å². The zero-order valence-corrected chi connectivity index (χ0v) is 11.5. The van der Waals surface area contributed by atoms with Crippen molar-refractivity contribution in [2.75, 3.05) is 5.75 Å². The summed E-state index contributed by atoms with van der Waals surface area (Å²) in [7, 11) is 0. The Kier molecular flexibility index (Phi) is 3.78. The molecule has 0 aromatic carbocycles. The molecule has 1 unspecified atom stereocenters. The Balaban J connectivity index is 2.17. The highest BCUT2D eigenvalue weighted by Gasteiger charge is 2.42. The molecule has 0 amide bonds. The van der Waals surface area contributed by atoms with Crippen molar-refractivity contribution in [3.63, 3.8) is 0 Å². The van der Waals surface area contributed by atoms with E-state index in [1.165, 1.54) is 31.3 Å². The molecule has 1 atom stereocenters. The summed E-state index contributed by atoms with van der Waals surface area (Å²) >= 11 is 2.04. The molecule has 1 saturated carbocycles. The molecule has 0 saturated heterocycles. The van der Waals surface area contributed by atoms with E-state index in [2.05, 4.69) is 33.1 Å². The van der Waals surface area contributed by atoms with Crippen LogP contribution in [0.15, 0.2) is 16.6 Å². The third-order valence-corrected chi connectivity index (χ3v) is 5.74. The standard InChI is InChI=1S/C14H23NS/c1-4-12(3)14(15-9-10-16-14)13-7-5-11(2)6-8-13/h4,9,11,13H,5-8,10H2,1-3H3. The molecule has 0 aromatic rings. The maximum Gasteiger partial charge on any atom is 0.129 e. The van der Waals surface area contributed by atoms with E-state index in [1.807, 2.05) is 11.8 Å². The van der Waals surface area contributed by atoms with Crippen LogP contribution in [-0.4, -0.2) is 16.8 Å². The summed E-state index contributed by atoms with van der Waals surface area (Å²) in [4.78, 5) is 4.96. The fraction of sp³-hybridized carbons (Fsp3) is 0.786. The van der Waals surface area contributed by atoms with E-state index >= 15 is 0 Å². The van der Waals surface area contributed by atoms with Crippen LogP contribution in [0.1, 0.15) is 46.5 Å². The number of aliphatic imine (C=N–C) groups is 1. The van der Waals surface area contributed by atoms with E-state index < -0.39 is 0 Å². The van der Waals surface area contributed by atoms with Crippen molar-refractivity contribution in [2.24, 2.45) is 16.8 Å². The first kappa shape index (κ1) is 12.2. The number of hydrogen-bond donors (Lipinski definition) is 0. The van der Waals surface area contributed by atoms with E-state index in [4.69, 9.17) is 4.99 Å². The number of thioether (sulfide) groups is 1. The summed E-state index contributed by atoms with van der Waals surface area (Å²) in [6.07, 6.45) is 9.87. The quantitative estimate of drug-likeness (QED) is 0.653. The zero-order valence-electron chi connectivity index (χ0n) is 10.7. The molecule has 2 aliphatic rings. The van der Waals surface area contributed by atoms with Crippen LogP contribution in [0.2, 0.25) is 0 Å². The lowest BCUT2D eigenvalue weighted by Gasteiger charge is -2.39. The maximum atomic E-state index is 4.86. The first-order chi connectivity index (χ1) is 7.69. The van der Waals surface area contributed by atoms with Gasteiger partial charge in [0.25, 0.3) is 0 Å². The van der Waals surface area contributed by atoms with Crippen LogP contribution in [-0.2, 0) is 0 Å². The minimum Gasteiger partial charge on any atom is -0.274 e. The van der Waals surface area contributed by atoms with Crippen molar-refractivity contribution in [1.82, 2.24) is 0 Å². The third-order valence-electron chi connectivity index (χ3n) is 4.23. The van der Waals surface area contributed by atoms with Gasteiger partial charge in [-0.25, -0.2) is 0 Å². The predicted octanol–water partition coefficient (Wildman–Crippen LogP) is 4.29. The van der Waals surface area contributed by atoms with Crippen molar-refractivity contribution in [3.05, 3.63) is 11.6 Å². The van der Waals surface area contributed by atoms with E-state index in [1.54, 1.807) is 0 Å². The van der Waals surface area contributed by atoms with Crippen LogP contribution in [0.3, 0.4) is 0 Å². The summed E-state index contributed by atoms with van der Waals surface area (Å²) in [5.41, 5.74) is 1.46. The van der Waals surface area contributed by atoms with Gasteiger partial charge in [0.1, 0.15) is 4.87 Å². The monoisotopic (exact) mass is 237 g/mol. The van der Waals surface area contributed by atoms with E-state index in [9.17, 15) is 0 Å². The molecule has 0 aromatic heterocycles. The first-order valence-corrected chi connectivity index (χ1v) is 7.48. The summed E-state index contributed by atoms with van der Waals surface area (Å²) in [6, 6.07) is 0. The molecule has 0 bridgehead atoms. The lowest BCUT2D eigenvalue weighted by Crippen LogP contribution is -2.35. The van der Waals surface area contributed by atoms with Crippen molar-refractivity contribution >= 4 is 18.0 Å². The molecular weight excluding hydrogens is 214 g/mol. The van der Waals surface area contributed by atoms with Gasteiger partial charge < -0.3 is 0 Å². The van der Waals surface area contributed by atoms with Crippen LogP contribution < -0.4 is 0 Å². The summed E-state index contributed by atoms with van der Waals surface area (Å²) in [5.74, 6) is 2.79. The fourth-order valence-corrected chi connectivity index (χ4v) is 4.36. The van der Waals surface area contributed by atoms with E-state index in [0.717, 1.165) is 17.6 Å². The van der Waals surface area contributed by atoms with Gasteiger partial charge in [-0.3, -0.25) is 4.99 Å². The molecule has 1 nitrogen and oxygen atoms in total. The largest absolute Gasteiger partial charge is 0.274 e. The van der Waals surface area contributed by atoms with E-state index in [0.29, 0.717) is 0 Å². The van der Waals surface area contributed by atoms with E-state index in [-0.39, 0.29) is 4.87 Å². The van der Waals surface area contributed by atoms with Gasteiger partial charge in [0.05, 0.1) is 0 Å². The van der Waals surface area contributed by atoms with Crippen molar-refractivity contribution in [1.29, 1.82) is 0 Å². The SMILES string of the molecule is CC=C(C)C1(C2CCC(C)CC2)N=CCS1. The van der Waals surface area contributed by atoms with Crippen molar-refractivity contribution in [2.45, 2.75) is 51.3 Å². The molecule has 1 aliphatic heterocycles. The summed E-state index contributed by atoms with van der Waals surface area (Å²) in [5, 5.41) is 0. The van der Waals surface area contributed by atoms with Gasteiger partial charge in [-0.15, -0.1) is 11.8 Å². The Morgan fingerprint density at radius 1 is 1.38 bits per heavy atom. The predicted molar refractivity (Wildman–Crippen MR) is 74.2 cm³/mol. The summed E-state index contributed by atoms with van der Waals surface area (Å²) < 4.78 is 0. The molecular formula is C14H23NS. The second kappa shape index (κ2) is 4.95. The van der Waals surface area contributed by atoms with Crippen molar-refractivity contribution in [3.8, 4) is 0 Å². The Morgan fingerprint density at radius 2 is 2.06 bits per heavy atom. The molecule has 16 heavy (non-hydrogen) atoms. The minimum absolute atomic E-state index is 0.106. The highest BCUT2D eigenvalue weighted by molar-refractivity contribution is 8.01. The van der Waals surface area contributed by atoms with Crippen LogP contribution in [0, 0.1) is 11.8 Å². The number of rotatable bonds is 2. The minimum atomic E-state index is 0.106. The van der Waals surface area contributed by atoms with Gasteiger partial charge in [0, 0.05) is 12.0 Å². The van der Waals surface area contributed by atoms with Crippen LogP contribution in [0.5, 0.6) is 0 Å². The summed E-state index contributed by atoms with van der Waals surface area (Å²) in [6.45, 7) is 6.79. The van der Waals surface area contributed by atoms with Crippen LogP contribution in [0.25, 0.3) is 0 Å². The smallest absolute Gasteiger partial charge is 0.129 e.